The number of rotatable bonds is 3. The maximum absolute atomic E-state index is 6.02. The highest BCUT2D eigenvalue weighted by atomic mass is 16.5. The Morgan fingerprint density at radius 1 is 1.35 bits per heavy atom. The third kappa shape index (κ3) is 2.45. The monoisotopic (exact) mass is 275 g/mol. The molecule has 0 radical (unpaired) electrons. The second-order valence-electron chi connectivity index (χ2n) is 6.19. The number of ether oxygens (including phenoxy) is 1. The number of hydrogen-bond donors (Lipinski definition) is 2. The van der Waals surface area contributed by atoms with Gasteiger partial charge in [0.05, 0.1) is 12.7 Å². The van der Waals surface area contributed by atoms with Gasteiger partial charge in [-0.2, -0.15) is 4.98 Å². The van der Waals surface area contributed by atoms with Crippen LogP contribution >= 0.6 is 0 Å². The first-order valence-corrected chi connectivity index (χ1v) is 7.48. The Bertz CT molecular complexity index is 492. The van der Waals surface area contributed by atoms with Crippen molar-refractivity contribution in [1.29, 1.82) is 0 Å². The van der Waals surface area contributed by atoms with Crippen molar-refractivity contribution in [2.24, 2.45) is 5.92 Å². The summed E-state index contributed by atoms with van der Waals surface area (Å²) >= 11 is 0. The summed E-state index contributed by atoms with van der Waals surface area (Å²) in [6, 6.07) is 2.86. The fourth-order valence-corrected chi connectivity index (χ4v) is 3.42. The van der Waals surface area contributed by atoms with E-state index in [0.717, 1.165) is 37.9 Å². The minimum atomic E-state index is 0.322. The molecule has 3 fully saturated rings. The third-order valence-corrected chi connectivity index (χ3v) is 4.62. The van der Waals surface area contributed by atoms with Gasteiger partial charge in [-0.05, 0) is 31.2 Å². The van der Waals surface area contributed by atoms with Crippen LogP contribution in [0.2, 0.25) is 0 Å². The molecule has 3 N–H and O–H groups in total. The predicted octanol–water partition coefficient (Wildman–Crippen LogP) is 0.722. The summed E-state index contributed by atoms with van der Waals surface area (Å²) in [5.41, 5.74) is 5.62. The lowest BCUT2D eigenvalue weighted by Crippen LogP contribution is -2.47. The van der Waals surface area contributed by atoms with E-state index in [1.165, 1.54) is 12.8 Å². The molecule has 0 spiro atoms. The molecule has 0 bridgehead atoms. The third-order valence-electron chi connectivity index (χ3n) is 4.62. The molecule has 2 aliphatic heterocycles. The van der Waals surface area contributed by atoms with E-state index in [9.17, 15) is 0 Å². The SMILES string of the molecule is Nc1nccc(N[C@@H]2C[C@H]3CO[C@@H](C4CC4)CN3C2)n1. The number of nitrogen functional groups attached to an aromatic ring is 1. The molecule has 3 heterocycles. The molecule has 3 aliphatic rings. The van der Waals surface area contributed by atoms with Gasteiger partial charge in [-0.1, -0.05) is 0 Å². The number of nitrogens with one attached hydrogen (secondary N) is 1. The van der Waals surface area contributed by atoms with E-state index >= 15 is 0 Å². The lowest BCUT2D eigenvalue weighted by molar-refractivity contribution is -0.0581. The van der Waals surface area contributed by atoms with Gasteiger partial charge in [-0.3, -0.25) is 4.90 Å². The van der Waals surface area contributed by atoms with Crippen LogP contribution in [0.15, 0.2) is 12.3 Å². The van der Waals surface area contributed by atoms with E-state index in [0.29, 0.717) is 24.1 Å². The number of nitrogens with two attached hydrogens (primary N) is 1. The molecule has 4 rings (SSSR count). The van der Waals surface area contributed by atoms with Crippen LogP contribution in [0.4, 0.5) is 11.8 Å². The Morgan fingerprint density at radius 3 is 3.05 bits per heavy atom. The molecular formula is C14H21N5O. The van der Waals surface area contributed by atoms with Gasteiger partial charge in [0.15, 0.2) is 0 Å². The van der Waals surface area contributed by atoms with E-state index in [2.05, 4.69) is 20.2 Å². The number of anilines is 2. The van der Waals surface area contributed by atoms with E-state index in [4.69, 9.17) is 10.5 Å². The van der Waals surface area contributed by atoms with Crippen LogP contribution < -0.4 is 11.1 Å². The second kappa shape index (κ2) is 4.86. The minimum Gasteiger partial charge on any atom is -0.375 e. The van der Waals surface area contributed by atoms with E-state index in [-0.39, 0.29) is 0 Å². The number of hydrogen-bond acceptors (Lipinski definition) is 6. The van der Waals surface area contributed by atoms with Gasteiger partial charge in [0.1, 0.15) is 5.82 Å². The van der Waals surface area contributed by atoms with Crippen molar-refractivity contribution >= 4 is 11.8 Å². The van der Waals surface area contributed by atoms with Crippen molar-refractivity contribution in [2.75, 3.05) is 30.7 Å². The molecule has 6 nitrogen and oxygen atoms in total. The first-order chi connectivity index (χ1) is 9.78. The average molecular weight is 275 g/mol. The highest BCUT2D eigenvalue weighted by Gasteiger charge is 2.42. The van der Waals surface area contributed by atoms with Crippen LogP contribution in [0.5, 0.6) is 0 Å². The van der Waals surface area contributed by atoms with Crippen molar-refractivity contribution in [3.63, 3.8) is 0 Å². The highest BCUT2D eigenvalue weighted by molar-refractivity contribution is 5.38. The molecule has 1 aromatic rings. The quantitative estimate of drug-likeness (QED) is 0.846. The smallest absolute Gasteiger partial charge is 0.221 e. The Morgan fingerprint density at radius 2 is 2.25 bits per heavy atom. The zero-order valence-electron chi connectivity index (χ0n) is 11.5. The van der Waals surface area contributed by atoms with E-state index in [1.54, 1.807) is 6.20 Å². The van der Waals surface area contributed by atoms with Gasteiger partial charge in [-0.25, -0.2) is 4.98 Å². The highest BCUT2D eigenvalue weighted by Crippen LogP contribution is 2.38. The largest absolute Gasteiger partial charge is 0.375 e. The van der Waals surface area contributed by atoms with Crippen LogP contribution in [0, 0.1) is 5.92 Å². The molecule has 108 valence electrons. The predicted molar refractivity (Wildman–Crippen MR) is 76.3 cm³/mol. The molecule has 1 aliphatic carbocycles. The maximum Gasteiger partial charge on any atom is 0.221 e. The van der Waals surface area contributed by atoms with Crippen LogP contribution in [0.1, 0.15) is 19.3 Å². The molecule has 3 atom stereocenters. The normalized spacial score (nSPS) is 33.9. The molecule has 0 aromatic carbocycles. The van der Waals surface area contributed by atoms with Crippen molar-refractivity contribution in [3.05, 3.63) is 12.3 Å². The summed E-state index contributed by atoms with van der Waals surface area (Å²) in [5.74, 6) is 1.97. The number of morpholine rings is 1. The molecular weight excluding hydrogens is 254 g/mol. The molecule has 1 saturated carbocycles. The van der Waals surface area contributed by atoms with Crippen LogP contribution in [0.3, 0.4) is 0 Å². The van der Waals surface area contributed by atoms with Gasteiger partial charge in [0, 0.05) is 31.4 Å². The molecule has 20 heavy (non-hydrogen) atoms. The summed E-state index contributed by atoms with van der Waals surface area (Å²) in [7, 11) is 0. The fraction of sp³-hybridized carbons (Fsp3) is 0.714. The molecule has 0 unspecified atom stereocenters. The first kappa shape index (κ1) is 12.3. The van der Waals surface area contributed by atoms with Gasteiger partial charge in [-0.15, -0.1) is 0 Å². The molecule has 1 aromatic heterocycles. The Balaban J connectivity index is 1.37. The van der Waals surface area contributed by atoms with Crippen molar-refractivity contribution in [2.45, 2.75) is 37.5 Å². The average Bonchev–Trinajstić information content (AvgIpc) is 3.19. The van der Waals surface area contributed by atoms with Crippen molar-refractivity contribution < 1.29 is 4.74 Å². The first-order valence-electron chi connectivity index (χ1n) is 7.48. The van der Waals surface area contributed by atoms with Crippen molar-refractivity contribution in [3.8, 4) is 0 Å². The van der Waals surface area contributed by atoms with Crippen LogP contribution in [-0.4, -0.2) is 52.8 Å². The zero-order valence-corrected chi connectivity index (χ0v) is 11.5. The lowest BCUT2D eigenvalue weighted by atomic mass is 10.1. The molecule has 2 saturated heterocycles. The summed E-state index contributed by atoms with van der Waals surface area (Å²) in [5, 5.41) is 3.47. The standard InChI is InChI=1S/C14H21N5O/c15-14-16-4-3-13(18-14)17-10-5-11-8-20-12(9-1-2-9)7-19(11)6-10/h3-4,9-12H,1-2,5-8H2,(H3,15,16,17,18)/t10-,11+,12-/m1/s1. The van der Waals surface area contributed by atoms with Crippen LogP contribution in [-0.2, 0) is 4.74 Å². The van der Waals surface area contributed by atoms with E-state index in [1.807, 2.05) is 6.07 Å². The molecule has 0 amide bonds. The Hall–Kier alpha value is -1.40. The maximum atomic E-state index is 6.02. The second-order valence-corrected chi connectivity index (χ2v) is 6.19. The van der Waals surface area contributed by atoms with Gasteiger partial charge >= 0.3 is 0 Å². The van der Waals surface area contributed by atoms with Gasteiger partial charge in [0.2, 0.25) is 5.95 Å². The minimum absolute atomic E-state index is 0.322. The van der Waals surface area contributed by atoms with Gasteiger partial charge in [0.25, 0.3) is 0 Å². The van der Waals surface area contributed by atoms with E-state index < -0.39 is 0 Å². The Labute approximate surface area is 118 Å². The summed E-state index contributed by atoms with van der Waals surface area (Å²) < 4.78 is 6.02. The van der Waals surface area contributed by atoms with Crippen molar-refractivity contribution in [1.82, 2.24) is 14.9 Å². The molecule has 6 heteroatoms. The number of nitrogens with zero attached hydrogens (tertiary/aromatic N) is 3. The summed E-state index contributed by atoms with van der Waals surface area (Å²) in [6.07, 6.45) is 5.98. The summed E-state index contributed by atoms with van der Waals surface area (Å²) in [4.78, 5) is 10.7. The number of fused-ring (bicyclic) bond motifs is 1. The van der Waals surface area contributed by atoms with Crippen LogP contribution in [0.25, 0.3) is 0 Å². The number of aromatic nitrogens is 2. The van der Waals surface area contributed by atoms with Gasteiger partial charge < -0.3 is 15.8 Å². The lowest BCUT2D eigenvalue weighted by Gasteiger charge is -2.35. The zero-order chi connectivity index (χ0) is 13.5. The topological polar surface area (TPSA) is 76.3 Å². The summed E-state index contributed by atoms with van der Waals surface area (Å²) in [6.45, 7) is 3.05. The fourth-order valence-electron chi connectivity index (χ4n) is 3.42. The Kier molecular flexibility index (Phi) is 3.00.